The third-order valence-electron chi connectivity index (χ3n) is 3.54. The normalized spacial score (nSPS) is 12.9. The van der Waals surface area contributed by atoms with Crippen LogP contribution in [0.4, 0.5) is 5.69 Å². The van der Waals surface area contributed by atoms with Crippen LogP contribution >= 0.6 is 0 Å². The van der Waals surface area contributed by atoms with Gasteiger partial charge in [-0.2, -0.15) is 0 Å². The van der Waals surface area contributed by atoms with Crippen LogP contribution < -0.4 is 10.3 Å². The van der Waals surface area contributed by atoms with E-state index < -0.39 is 10.0 Å². The fourth-order valence-corrected chi connectivity index (χ4v) is 3.73. The highest BCUT2D eigenvalue weighted by Gasteiger charge is 2.18. The van der Waals surface area contributed by atoms with Crippen molar-refractivity contribution < 1.29 is 8.42 Å². The molecule has 22 heavy (non-hydrogen) atoms. The molecule has 2 rings (SSSR count). The standard InChI is InChI=1S/C16H20N2O3S/c1-12-9-16(19)18(3)10-15(12)17-22(20,21)11-13(2)14-7-5-4-6-8-14/h4-10,13,17H,11H2,1-3H3/t13-/m1/s1. The molecule has 0 saturated heterocycles. The zero-order valence-electron chi connectivity index (χ0n) is 12.9. The van der Waals surface area contributed by atoms with E-state index in [9.17, 15) is 13.2 Å². The second-order valence-corrected chi connectivity index (χ2v) is 7.28. The Morgan fingerprint density at radius 1 is 1.23 bits per heavy atom. The van der Waals surface area contributed by atoms with Gasteiger partial charge in [-0.05, 0) is 24.0 Å². The van der Waals surface area contributed by atoms with Crippen molar-refractivity contribution in [3.8, 4) is 0 Å². The van der Waals surface area contributed by atoms with Gasteiger partial charge in [0.2, 0.25) is 10.0 Å². The predicted molar refractivity (Wildman–Crippen MR) is 88.7 cm³/mol. The highest BCUT2D eigenvalue weighted by molar-refractivity contribution is 7.92. The summed E-state index contributed by atoms with van der Waals surface area (Å²) in [5.41, 5.74) is 1.85. The zero-order valence-corrected chi connectivity index (χ0v) is 13.7. The van der Waals surface area contributed by atoms with Crippen molar-refractivity contribution in [1.82, 2.24) is 4.57 Å². The van der Waals surface area contributed by atoms with Gasteiger partial charge in [0.15, 0.2) is 0 Å². The summed E-state index contributed by atoms with van der Waals surface area (Å²) < 4.78 is 28.6. The van der Waals surface area contributed by atoms with E-state index in [1.165, 1.54) is 16.8 Å². The molecule has 2 aromatic rings. The molecule has 1 N–H and O–H groups in total. The molecule has 0 bridgehead atoms. The molecule has 0 spiro atoms. The van der Waals surface area contributed by atoms with Gasteiger partial charge in [0.25, 0.3) is 5.56 Å². The lowest BCUT2D eigenvalue weighted by molar-refractivity contribution is 0.595. The van der Waals surface area contributed by atoms with E-state index in [2.05, 4.69) is 4.72 Å². The minimum atomic E-state index is -3.50. The van der Waals surface area contributed by atoms with E-state index in [1.807, 2.05) is 37.3 Å². The summed E-state index contributed by atoms with van der Waals surface area (Å²) in [4.78, 5) is 11.5. The van der Waals surface area contributed by atoms with E-state index in [0.717, 1.165) is 5.56 Å². The topological polar surface area (TPSA) is 68.2 Å². The molecule has 0 saturated carbocycles. The van der Waals surface area contributed by atoms with Gasteiger partial charge in [0.05, 0.1) is 11.4 Å². The molecular weight excluding hydrogens is 300 g/mol. The number of aryl methyl sites for hydroxylation is 2. The van der Waals surface area contributed by atoms with Gasteiger partial charge < -0.3 is 4.57 Å². The molecule has 0 aliphatic heterocycles. The van der Waals surface area contributed by atoms with Gasteiger partial charge in [0, 0.05) is 19.3 Å². The van der Waals surface area contributed by atoms with Crippen LogP contribution in [-0.4, -0.2) is 18.7 Å². The minimum absolute atomic E-state index is 0.0146. The number of pyridine rings is 1. The summed E-state index contributed by atoms with van der Waals surface area (Å²) in [5.74, 6) is -0.134. The van der Waals surface area contributed by atoms with E-state index in [0.29, 0.717) is 11.3 Å². The van der Waals surface area contributed by atoms with Crippen LogP contribution in [0.25, 0.3) is 0 Å². The van der Waals surface area contributed by atoms with Crippen molar-refractivity contribution >= 4 is 15.7 Å². The lowest BCUT2D eigenvalue weighted by Gasteiger charge is -2.15. The first-order valence-electron chi connectivity index (χ1n) is 7.01. The summed E-state index contributed by atoms with van der Waals surface area (Å²) in [6.45, 7) is 3.59. The Balaban J connectivity index is 2.18. The zero-order chi connectivity index (χ0) is 16.3. The Morgan fingerprint density at radius 3 is 2.50 bits per heavy atom. The Bertz CT molecular complexity index is 811. The maximum absolute atomic E-state index is 12.3. The Labute approximate surface area is 130 Å². The fourth-order valence-electron chi connectivity index (χ4n) is 2.25. The Morgan fingerprint density at radius 2 is 1.86 bits per heavy atom. The third-order valence-corrected chi connectivity index (χ3v) is 5.01. The van der Waals surface area contributed by atoms with Crippen molar-refractivity contribution in [2.24, 2.45) is 7.05 Å². The van der Waals surface area contributed by atoms with E-state index in [-0.39, 0.29) is 17.2 Å². The van der Waals surface area contributed by atoms with E-state index >= 15 is 0 Å². The highest BCUT2D eigenvalue weighted by Crippen LogP contribution is 2.19. The van der Waals surface area contributed by atoms with Gasteiger partial charge in [-0.15, -0.1) is 0 Å². The molecule has 0 amide bonds. The lowest BCUT2D eigenvalue weighted by Crippen LogP contribution is -2.23. The molecule has 1 heterocycles. The van der Waals surface area contributed by atoms with Crippen LogP contribution in [0, 0.1) is 6.92 Å². The van der Waals surface area contributed by atoms with Gasteiger partial charge in [-0.1, -0.05) is 37.3 Å². The lowest BCUT2D eigenvalue weighted by atomic mass is 10.0. The smallest absolute Gasteiger partial charge is 0.250 e. The number of hydrogen-bond acceptors (Lipinski definition) is 3. The number of rotatable bonds is 5. The third kappa shape index (κ3) is 3.98. The largest absolute Gasteiger partial charge is 0.316 e. The highest BCUT2D eigenvalue weighted by atomic mass is 32.2. The van der Waals surface area contributed by atoms with Gasteiger partial charge in [0.1, 0.15) is 0 Å². The fraction of sp³-hybridized carbons (Fsp3) is 0.312. The molecule has 1 aromatic heterocycles. The number of aromatic nitrogens is 1. The second-order valence-electron chi connectivity index (χ2n) is 5.51. The van der Waals surface area contributed by atoms with Crippen molar-refractivity contribution in [1.29, 1.82) is 0 Å². The molecular formula is C16H20N2O3S. The first kappa shape index (κ1) is 16.3. The number of anilines is 1. The van der Waals surface area contributed by atoms with Gasteiger partial charge in [-0.25, -0.2) is 8.42 Å². The van der Waals surface area contributed by atoms with Crippen LogP contribution in [0.3, 0.4) is 0 Å². The van der Waals surface area contributed by atoms with E-state index in [4.69, 9.17) is 0 Å². The molecule has 0 unspecified atom stereocenters. The number of nitrogens with one attached hydrogen (secondary N) is 1. The van der Waals surface area contributed by atoms with Crippen LogP contribution in [-0.2, 0) is 17.1 Å². The molecule has 1 atom stereocenters. The molecule has 5 nitrogen and oxygen atoms in total. The monoisotopic (exact) mass is 320 g/mol. The van der Waals surface area contributed by atoms with Crippen LogP contribution in [0.1, 0.15) is 24.0 Å². The molecule has 0 aliphatic carbocycles. The van der Waals surface area contributed by atoms with Gasteiger partial charge >= 0.3 is 0 Å². The summed E-state index contributed by atoms with van der Waals surface area (Å²) in [5, 5.41) is 0. The predicted octanol–water partition coefficient (Wildman–Crippen LogP) is 2.24. The first-order chi connectivity index (χ1) is 10.3. The Hall–Kier alpha value is -2.08. The van der Waals surface area contributed by atoms with Crippen LogP contribution in [0.2, 0.25) is 0 Å². The summed E-state index contributed by atoms with van der Waals surface area (Å²) in [6, 6.07) is 10.9. The van der Waals surface area contributed by atoms with Crippen molar-refractivity contribution in [2.45, 2.75) is 19.8 Å². The number of sulfonamides is 1. The van der Waals surface area contributed by atoms with Crippen molar-refractivity contribution in [2.75, 3.05) is 10.5 Å². The maximum atomic E-state index is 12.3. The minimum Gasteiger partial charge on any atom is -0.316 e. The van der Waals surface area contributed by atoms with Gasteiger partial charge in [-0.3, -0.25) is 9.52 Å². The summed E-state index contributed by atoms with van der Waals surface area (Å²) in [7, 11) is -1.91. The molecule has 6 heteroatoms. The van der Waals surface area contributed by atoms with Crippen LogP contribution in [0.15, 0.2) is 47.4 Å². The molecule has 1 aromatic carbocycles. The number of hydrogen-bond donors (Lipinski definition) is 1. The average molecular weight is 320 g/mol. The maximum Gasteiger partial charge on any atom is 0.250 e. The van der Waals surface area contributed by atoms with Crippen molar-refractivity contribution in [3.63, 3.8) is 0 Å². The number of benzene rings is 1. The average Bonchev–Trinajstić information content (AvgIpc) is 2.45. The molecule has 118 valence electrons. The summed E-state index contributed by atoms with van der Waals surface area (Å²) in [6.07, 6.45) is 1.50. The summed E-state index contributed by atoms with van der Waals surface area (Å²) >= 11 is 0. The number of nitrogens with zero attached hydrogens (tertiary/aromatic N) is 1. The molecule has 0 radical (unpaired) electrons. The first-order valence-corrected chi connectivity index (χ1v) is 8.66. The van der Waals surface area contributed by atoms with E-state index in [1.54, 1.807) is 14.0 Å². The SMILES string of the molecule is Cc1cc(=O)n(C)cc1NS(=O)(=O)C[C@@H](C)c1ccccc1. The quantitative estimate of drug-likeness (QED) is 0.918. The van der Waals surface area contributed by atoms with Crippen LogP contribution in [0.5, 0.6) is 0 Å². The Kier molecular flexibility index (Phi) is 4.71. The van der Waals surface area contributed by atoms with Crippen molar-refractivity contribution in [3.05, 3.63) is 64.1 Å². The molecule has 0 fully saturated rings. The second kappa shape index (κ2) is 6.36. The molecule has 0 aliphatic rings.